The molecule has 0 heterocycles. The first-order chi connectivity index (χ1) is 8.42. The molecule has 0 aromatic rings. The van der Waals surface area contributed by atoms with Crippen molar-refractivity contribution in [1.29, 1.82) is 0 Å². The lowest BCUT2D eigenvalue weighted by Crippen LogP contribution is -2.43. The monoisotopic (exact) mass is 259 g/mol. The number of nitrogens with one attached hydrogen (secondary N) is 1. The maximum atomic E-state index is 11.7. The van der Waals surface area contributed by atoms with Crippen molar-refractivity contribution in [2.45, 2.75) is 47.1 Å². The second-order valence-corrected chi connectivity index (χ2v) is 4.64. The summed E-state index contributed by atoms with van der Waals surface area (Å²) in [6.45, 7) is 10.0. The molecule has 1 amide bonds. The first-order valence-electron chi connectivity index (χ1n) is 6.52. The Bertz CT molecular complexity index is 266. The van der Waals surface area contributed by atoms with Gasteiger partial charge in [0.25, 0.3) is 0 Å². The fourth-order valence-corrected chi connectivity index (χ4v) is 1.66. The Morgan fingerprint density at radius 3 is 2.06 bits per heavy atom. The first-order valence-corrected chi connectivity index (χ1v) is 6.52. The molecule has 0 saturated heterocycles. The minimum absolute atomic E-state index is 0.261. The highest BCUT2D eigenvalue weighted by molar-refractivity contribution is 5.74. The minimum atomic E-state index is -0.487. The molecule has 2 unspecified atom stereocenters. The van der Waals surface area contributed by atoms with Crippen molar-refractivity contribution in [1.82, 2.24) is 5.32 Å². The van der Waals surface area contributed by atoms with E-state index in [0.717, 1.165) is 0 Å². The summed E-state index contributed by atoms with van der Waals surface area (Å²) < 4.78 is 9.82. The van der Waals surface area contributed by atoms with E-state index in [4.69, 9.17) is 9.47 Å². The summed E-state index contributed by atoms with van der Waals surface area (Å²) in [6, 6.07) is -0.261. The minimum Gasteiger partial charge on any atom is -0.466 e. The quantitative estimate of drug-likeness (QED) is 0.713. The molecule has 106 valence electrons. The van der Waals surface area contributed by atoms with Crippen molar-refractivity contribution >= 4 is 12.1 Å². The smallest absolute Gasteiger partial charge is 0.407 e. The number of rotatable bonds is 7. The Hall–Kier alpha value is -1.26. The number of hydrogen-bond donors (Lipinski definition) is 1. The molecule has 0 aliphatic rings. The van der Waals surface area contributed by atoms with Crippen LogP contribution in [0.15, 0.2) is 0 Å². The number of carbonyl (C=O) groups is 2. The molecule has 0 bridgehead atoms. The predicted molar refractivity (Wildman–Crippen MR) is 69.2 cm³/mol. The summed E-state index contributed by atoms with van der Waals surface area (Å²) in [5.74, 6) is -0.300. The zero-order valence-corrected chi connectivity index (χ0v) is 12.0. The van der Waals surface area contributed by atoms with E-state index in [9.17, 15) is 9.59 Å². The van der Waals surface area contributed by atoms with Crippen LogP contribution < -0.4 is 5.32 Å². The van der Waals surface area contributed by atoms with Gasteiger partial charge in [-0.25, -0.2) is 4.79 Å². The number of amides is 1. The van der Waals surface area contributed by atoms with Crippen molar-refractivity contribution in [3.8, 4) is 0 Å². The SMILES string of the molecule is CCOC(=O)NC(CC(C)C)C(C)C(=O)OCC. The number of esters is 1. The fraction of sp³-hybridized carbons (Fsp3) is 0.846. The van der Waals surface area contributed by atoms with E-state index >= 15 is 0 Å². The molecule has 1 N–H and O–H groups in total. The third-order valence-electron chi connectivity index (χ3n) is 2.57. The summed E-state index contributed by atoms with van der Waals surface area (Å²) >= 11 is 0. The normalized spacial score (nSPS) is 13.9. The van der Waals surface area contributed by atoms with Crippen LogP contribution in [-0.4, -0.2) is 31.3 Å². The lowest BCUT2D eigenvalue weighted by atomic mass is 9.93. The molecule has 0 fully saturated rings. The maximum absolute atomic E-state index is 11.7. The number of hydrogen-bond acceptors (Lipinski definition) is 4. The molecule has 0 aromatic carbocycles. The molecule has 5 nitrogen and oxygen atoms in total. The Morgan fingerprint density at radius 2 is 1.61 bits per heavy atom. The van der Waals surface area contributed by atoms with Crippen molar-refractivity contribution in [3.63, 3.8) is 0 Å². The highest BCUT2D eigenvalue weighted by Crippen LogP contribution is 2.15. The van der Waals surface area contributed by atoms with Crippen LogP contribution in [0.1, 0.15) is 41.0 Å². The third kappa shape index (κ3) is 6.47. The number of ether oxygens (including phenoxy) is 2. The molecule has 0 aromatic heterocycles. The second kappa shape index (κ2) is 8.78. The standard InChI is InChI=1S/C13H25NO4/c1-6-17-12(15)10(5)11(8-9(3)4)14-13(16)18-7-2/h9-11H,6-8H2,1-5H3,(H,14,16). The Morgan fingerprint density at radius 1 is 1.06 bits per heavy atom. The third-order valence-corrected chi connectivity index (χ3v) is 2.57. The van der Waals surface area contributed by atoms with E-state index in [1.807, 2.05) is 13.8 Å². The van der Waals surface area contributed by atoms with Crippen LogP contribution in [0.2, 0.25) is 0 Å². The summed E-state index contributed by atoms with van der Waals surface area (Å²) in [6.07, 6.45) is 0.220. The molecular formula is C13H25NO4. The Balaban J connectivity index is 4.55. The van der Waals surface area contributed by atoms with Gasteiger partial charge in [0.2, 0.25) is 0 Å². The van der Waals surface area contributed by atoms with Gasteiger partial charge in [0.1, 0.15) is 0 Å². The van der Waals surface area contributed by atoms with Crippen molar-refractivity contribution in [2.75, 3.05) is 13.2 Å². The molecule has 5 heteroatoms. The van der Waals surface area contributed by atoms with Gasteiger partial charge in [0, 0.05) is 6.04 Å². The molecule has 0 rings (SSSR count). The van der Waals surface area contributed by atoms with Gasteiger partial charge < -0.3 is 14.8 Å². The van der Waals surface area contributed by atoms with Gasteiger partial charge in [-0.15, -0.1) is 0 Å². The highest BCUT2D eigenvalue weighted by atomic mass is 16.5. The summed E-state index contributed by atoms with van der Waals surface area (Å²) in [4.78, 5) is 23.1. The summed E-state index contributed by atoms with van der Waals surface area (Å²) in [5, 5.41) is 2.73. The highest BCUT2D eigenvalue weighted by Gasteiger charge is 2.27. The van der Waals surface area contributed by atoms with Crippen molar-refractivity contribution < 1.29 is 19.1 Å². The van der Waals surface area contributed by atoms with Crippen LogP contribution in [0.3, 0.4) is 0 Å². The van der Waals surface area contributed by atoms with E-state index in [2.05, 4.69) is 5.32 Å². The zero-order chi connectivity index (χ0) is 14.1. The van der Waals surface area contributed by atoms with E-state index in [1.54, 1.807) is 20.8 Å². The number of carbonyl (C=O) groups excluding carboxylic acids is 2. The molecule has 0 saturated carbocycles. The lowest BCUT2D eigenvalue weighted by molar-refractivity contribution is -0.148. The van der Waals surface area contributed by atoms with Crippen molar-refractivity contribution in [3.05, 3.63) is 0 Å². The van der Waals surface area contributed by atoms with Gasteiger partial charge in [-0.3, -0.25) is 4.79 Å². The fourth-order valence-electron chi connectivity index (χ4n) is 1.66. The van der Waals surface area contributed by atoms with E-state index in [-0.39, 0.29) is 17.9 Å². The lowest BCUT2D eigenvalue weighted by Gasteiger charge is -2.24. The van der Waals surface area contributed by atoms with Crippen LogP contribution in [0.25, 0.3) is 0 Å². The molecule has 18 heavy (non-hydrogen) atoms. The zero-order valence-electron chi connectivity index (χ0n) is 12.0. The van der Waals surface area contributed by atoms with Crippen LogP contribution in [0.4, 0.5) is 4.79 Å². The van der Waals surface area contributed by atoms with Crippen LogP contribution >= 0.6 is 0 Å². The van der Waals surface area contributed by atoms with Crippen LogP contribution in [-0.2, 0) is 14.3 Å². The summed E-state index contributed by atoms with van der Waals surface area (Å²) in [5.41, 5.74) is 0. The average Bonchev–Trinajstić information content (AvgIpc) is 2.27. The second-order valence-electron chi connectivity index (χ2n) is 4.64. The first kappa shape index (κ1) is 16.7. The van der Waals surface area contributed by atoms with Gasteiger partial charge in [-0.1, -0.05) is 13.8 Å². The van der Waals surface area contributed by atoms with Gasteiger partial charge in [-0.05, 0) is 33.1 Å². The van der Waals surface area contributed by atoms with Gasteiger partial charge in [-0.2, -0.15) is 0 Å². The molecule has 2 atom stereocenters. The predicted octanol–water partition coefficient (Wildman–Crippen LogP) is 2.35. The topological polar surface area (TPSA) is 64.6 Å². The Labute approximate surface area is 109 Å². The molecule has 0 aliphatic carbocycles. The van der Waals surface area contributed by atoms with Gasteiger partial charge in [0.15, 0.2) is 0 Å². The van der Waals surface area contributed by atoms with E-state index < -0.39 is 6.09 Å². The Kier molecular flexibility index (Phi) is 8.16. The maximum Gasteiger partial charge on any atom is 0.407 e. The largest absolute Gasteiger partial charge is 0.466 e. The van der Waals surface area contributed by atoms with Crippen molar-refractivity contribution in [2.24, 2.45) is 11.8 Å². The van der Waals surface area contributed by atoms with E-state index in [0.29, 0.717) is 25.6 Å². The molecule has 0 spiro atoms. The van der Waals surface area contributed by atoms with Crippen LogP contribution in [0.5, 0.6) is 0 Å². The number of alkyl carbamates (subject to hydrolysis) is 1. The van der Waals surface area contributed by atoms with Crippen LogP contribution in [0, 0.1) is 11.8 Å². The average molecular weight is 259 g/mol. The molecular weight excluding hydrogens is 234 g/mol. The summed E-state index contributed by atoms with van der Waals surface area (Å²) in [7, 11) is 0. The van der Waals surface area contributed by atoms with E-state index in [1.165, 1.54) is 0 Å². The molecule has 0 aliphatic heterocycles. The molecule has 0 radical (unpaired) electrons. The van der Waals surface area contributed by atoms with Gasteiger partial charge in [0.05, 0.1) is 19.1 Å². The van der Waals surface area contributed by atoms with Gasteiger partial charge >= 0.3 is 12.1 Å².